The quantitative estimate of drug-likeness (QED) is 0.703. The molecule has 0 aromatic rings. The summed E-state index contributed by atoms with van der Waals surface area (Å²) in [6.45, 7) is 7.68. The van der Waals surface area contributed by atoms with Crippen LogP contribution in [0, 0.1) is 0 Å². The molecule has 92 valence electrons. The zero-order chi connectivity index (χ0) is 11.8. The summed E-state index contributed by atoms with van der Waals surface area (Å²) in [6, 6.07) is 0.578. The zero-order valence-corrected chi connectivity index (χ0v) is 10.4. The monoisotopic (exact) mass is 225 g/mol. The molecular formula is C12H23N3O. The van der Waals surface area contributed by atoms with Crippen LogP contribution in [0.25, 0.3) is 0 Å². The fourth-order valence-corrected chi connectivity index (χ4v) is 2.80. The first kappa shape index (κ1) is 11.9. The number of fused-ring (bicyclic) bond motifs is 1. The highest BCUT2D eigenvalue weighted by Gasteiger charge is 2.34. The van der Waals surface area contributed by atoms with Gasteiger partial charge in [0.2, 0.25) is 5.91 Å². The molecule has 4 nitrogen and oxygen atoms in total. The first-order chi connectivity index (χ1) is 7.48. The molecule has 0 aromatic heterocycles. The minimum atomic E-state index is -0.728. The van der Waals surface area contributed by atoms with Crippen molar-refractivity contribution in [2.45, 2.75) is 44.7 Å². The topological polar surface area (TPSA) is 49.6 Å². The van der Waals surface area contributed by atoms with Crippen molar-refractivity contribution >= 4 is 5.91 Å². The summed E-state index contributed by atoms with van der Waals surface area (Å²) in [6.07, 6.45) is 3.59. The van der Waals surface area contributed by atoms with Crippen molar-refractivity contribution in [2.75, 3.05) is 26.2 Å². The van der Waals surface area contributed by atoms with Gasteiger partial charge < -0.3 is 10.6 Å². The standard InChI is InChI=1S/C12H23N3O/c1-12(2,13)11(16)15-8-4-7-14-6-3-5-10(14)9-15/h10H,3-9,13H2,1-2H3. The number of nitrogens with two attached hydrogens (primary N) is 1. The number of carbonyl (C=O) groups is 1. The second-order valence-electron chi connectivity index (χ2n) is 5.66. The molecule has 1 amide bonds. The number of rotatable bonds is 1. The second-order valence-corrected chi connectivity index (χ2v) is 5.66. The molecule has 0 spiro atoms. The summed E-state index contributed by atoms with van der Waals surface area (Å²) < 4.78 is 0. The Labute approximate surface area is 97.8 Å². The molecule has 0 aliphatic carbocycles. The van der Waals surface area contributed by atoms with Crippen LogP contribution < -0.4 is 5.73 Å². The molecule has 2 fully saturated rings. The highest BCUT2D eigenvalue weighted by molar-refractivity contribution is 5.85. The molecule has 4 heteroatoms. The normalized spacial score (nSPS) is 27.7. The van der Waals surface area contributed by atoms with E-state index < -0.39 is 5.54 Å². The average molecular weight is 225 g/mol. The molecule has 0 saturated carbocycles. The number of nitrogens with zero attached hydrogens (tertiary/aromatic N) is 2. The van der Waals surface area contributed by atoms with E-state index in [0.717, 1.165) is 26.1 Å². The SMILES string of the molecule is CC(C)(N)C(=O)N1CCCN2CCCC2C1. The number of hydrogen-bond acceptors (Lipinski definition) is 3. The van der Waals surface area contributed by atoms with E-state index in [-0.39, 0.29) is 5.91 Å². The van der Waals surface area contributed by atoms with Gasteiger partial charge in [0.05, 0.1) is 5.54 Å². The fourth-order valence-electron chi connectivity index (χ4n) is 2.80. The minimum Gasteiger partial charge on any atom is -0.340 e. The predicted molar refractivity (Wildman–Crippen MR) is 64.1 cm³/mol. The summed E-state index contributed by atoms with van der Waals surface area (Å²) in [5.41, 5.74) is 5.16. The van der Waals surface area contributed by atoms with Gasteiger partial charge >= 0.3 is 0 Å². The molecule has 16 heavy (non-hydrogen) atoms. The molecule has 2 aliphatic heterocycles. The van der Waals surface area contributed by atoms with Crippen molar-refractivity contribution in [1.82, 2.24) is 9.80 Å². The van der Waals surface area contributed by atoms with Crippen LogP contribution >= 0.6 is 0 Å². The van der Waals surface area contributed by atoms with E-state index in [1.165, 1.54) is 19.4 Å². The largest absolute Gasteiger partial charge is 0.340 e. The lowest BCUT2D eigenvalue weighted by molar-refractivity contribution is -0.136. The lowest BCUT2D eigenvalue weighted by Gasteiger charge is -2.30. The van der Waals surface area contributed by atoms with Gasteiger partial charge in [0.1, 0.15) is 0 Å². The lowest BCUT2D eigenvalue weighted by atomic mass is 10.0. The third kappa shape index (κ3) is 2.38. The maximum atomic E-state index is 12.1. The average Bonchev–Trinajstić information content (AvgIpc) is 2.53. The molecule has 1 unspecified atom stereocenters. The fraction of sp³-hybridized carbons (Fsp3) is 0.917. The van der Waals surface area contributed by atoms with Crippen molar-refractivity contribution < 1.29 is 4.79 Å². The van der Waals surface area contributed by atoms with Crippen molar-refractivity contribution in [3.05, 3.63) is 0 Å². The Balaban J connectivity index is 2.03. The van der Waals surface area contributed by atoms with Crippen LogP contribution in [-0.4, -0.2) is 53.5 Å². The molecular weight excluding hydrogens is 202 g/mol. The van der Waals surface area contributed by atoms with E-state index >= 15 is 0 Å². The van der Waals surface area contributed by atoms with Gasteiger partial charge in [-0.3, -0.25) is 9.69 Å². The Bertz CT molecular complexity index is 272. The van der Waals surface area contributed by atoms with Crippen molar-refractivity contribution in [2.24, 2.45) is 5.73 Å². The Morgan fingerprint density at radius 3 is 2.62 bits per heavy atom. The number of carbonyl (C=O) groups excluding carboxylic acids is 1. The summed E-state index contributed by atoms with van der Waals surface area (Å²) in [4.78, 5) is 16.6. The van der Waals surface area contributed by atoms with Gasteiger partial charge in [-0.1, -0.05) is 0 Å². The van der Waals surface area contributed by atoms with E-state index in [0.29, 0.717) is 6.04 Å². The zero-order valence-electron chi connectivity index (χ0n) is 10.4. The Kier molecular flexibility index (Phi) is 3.22. The van der Waals surface area contributed by atoms with Crippen LogP contribution in [0.4, 0.5) is 0 Å². The van der Waals surface area contributed by atoms with E-state index in [9.17, 15) is 4.79 Å². The molecule has 0 bridgehead atoms. The van der Waals surface area contributed by atoms with Crippen LogP contribution in [0.5, 0.6) is 0 Å². The molecule has 0 aromatic carbocycles. The first-order valence-electron chi connectivity index (χ1n) is 6.31. The second kappa shape index (κ2) is 4.34. The minimum absolute atomic E-state index is 0.0984. The lowest BCUT2D eigenvalue weighted by Crippen LogP contribution is -2.53. The van der Waals surface area contributed by atoms with Crippen LogP contribution in [0.2, 0.25) is 0 Å². The third-order valence-corrected chi connectivity index (χ3v) is 3.64. The Morgan fingerprint density at radius 1 is 1.25 bits per heavy atom. The molecule has 2 aliphatic rings. The molecule has 2 N–H and O–H groups in total. The maximum Gasteiger partial charge on any atom is 0.242 e. The van der Waals surface area contributed by atoms with Crippen LogP contribution in [0.15, 0.2) is 0 Å². The number of amides is 1. The van der Waals surface area contributed by atoms with Gasteiger partial charge in [-0.15, -0.1) is 0 Å². The van der Waals surface area contributed by atoms with Crippen molar-refractivity contribution in [1.29, 1.82) is 0 Å². The van der Waals surface area contributed by atoms with Crippen LogP contribution in [-0.2, 0) is 4.79 Å². The van der Waals surface area contributed by atoms with E-state index in [2.05, 4.69) is 4.90 Å². The summed E-state index contributed by atoms with van der Waals surface area (Å²) in [5.74, 6) is 0.0984. The Hall–Kier alpha value is -0.610. The summed E-state index contributed by atoms with van der Waals surface area (Å²) >= 11 is 0. The van der Waals surface area contributed by atoms with E-state index in [1.807, 2.05) is 4.90 Å². The van der Waals surface area contributed by atoms with Crippen molar-refractivity contribution in [3.8, 4) is 0 Å². The highest BCUT2D eigenvalue weighted by Crippen LogP contribution is 2.22. The molecule has 0 radical (unpaired) electrons. The Morgan fingerprint density at radius 2 is 1.94 bits per heavy atom. The van der Waals surface area contributed by atoms with E-state index in [4.69, 9.17) is 5.73 Å². The van der Waals surface area contributed by atoms with Gasteiger partial charge in [-0.05, 0) is 39.7 Å². The molecule has 2 heterocycles. The molecule has 2 saturated heterocycles. The van der Waals surface area contributed by atoms with Gasteiger partial charge in [0.15, 0.2) is 0 Å². The summed E-state index contributed by atoms with van der Waals surface area (Å²) in [5, 5.41) is 0. The van der Waals surface area contributed by atoms with E-state index in [1.54, 1.807) is 13.8 Å². The third-order valence-electron chi connectivity index (χ3n) is 3.64. The van der Waals surface area contributed by atoms with Gasteiger partial charge in [-0.2, -0.15) is 0 Å². The molecule has 2 rings (SSSR count). The smallest absolute Gasteiger partial charge is 0.242 e. The highest BCUT2D eigenvalue weighted by atomic mass is 16.2. The van der Waals surface area contributed by atoms with Gasteiger partial charge in [0.25, 0.3) is 0 Å². The van der Waals surface area contributed by atoms with Crippen LogP contribution in [0.3, 0.4) is 0 Å². The van der Waals surface area contributed by atoms with Crippen molar-refractivity contribution in [3.63, 3.8) is 0 Å². The van der Waals surface area contributed by atoms with Crippen LogP contribution in [0.1, 0.15) is 33.1 Å². The molecule has 1 atom stereocenters. The van der Waals surface area contributed by atoms with Gasteiger partial charge in [-0.25, -0.2) is 0 Å². The summed E-state index contributed by atoms with van der Waals surface area (Å²) in [7, 11) is 0. The van der Waals surface area contributed by atoms with Gasteiger partial charge in [0, 0.05) is 25.7 Å². The first-order valence-corrected chi connectivity index (χ1v) is 6.31. The predicted octanol–water partition coefficient (Wildman–Crippen LogP) is 0.420. The number of hydrogen-bond donors (Lipinski definition) is 1. The maximum absolute atomic E-state index is 12.1.